The second-order valence-electron chi connectivity index (χ2n) is 4.39. The molecule has 2 nitrogen and oxygen atoms in total. The number of methoxy groups -OCH3 is 2. The van der Waals surface area contributed by atoms with Gasteiger partial charge in [-0.3, -0.25) is 0 Å². The van der Waals surface area contributed by atoms with Crippen molar-refractivity contribution < 1.29 is 9.47 Å². The summed E-state index contributed by atoms with van der Waals surface area (Å²) in [5.41, 5.74) is 1.04. The lowest BCUT2D eigenvalue weighted by Gasteiger charge is -2.15. The Morgan fingerprint density at radius 2 is 2.00 bits per heavy atom. The summed E-state index contributed by atoms with van der Waals surface area (Å²) in [4.78, 5) is 0. The number of rotatable bonds is 4. The molecule has 3 atom stereocenters. The largest absolute Gasteiger partial charge is 0.497 e. The topological polar surface area (TPSA) is 18.5 Å². The van der Waals surface area contributed by atoms with Crippen LogP contribution < -0.4 is 9.47 Å². The first-order valence-electron chi connectivity index (χ1n) is 5.53. The normalized spacial score (nSPS) is 25.0. The zero-order valence-corrected chi connectivity index (χ0v) is 10.6. The molecular formula is C13H17ClO2. The van der Waals surface area contributed by atoms with E-state index in [9.17, 15) is 0 Å². The van der Waals surface area contributed by atoms with E-state index < -0.39 is 0 Å². The van der Waals surface area contributed by atoms with E-state index in [2.05, 4.69) is 6.92 Å². The van der Waals surface area contributed by atoms with Crippen LogP contribution >= 0.6 is 11.6 Å². The molecular weight excluding hydrogens is 224 g/mol. The van der Waals surface area contributed by atoms with Crippen molar-refractivity contribution in [2.75, 3.05) is 14.2 Å². The van der Waals surface area contributed by atoms with Crippen LogP contribution in [0.15, 0.2) is 18.2 Å². The zero-order chi connectivity index (χ0) is 11.7. The highest BCUT2D eigenvalue weighted by Gasteiger charge is 2.40. The molecule has 0 aromatic heterocycles. The van der Waals surface area contributed by atoms with E-state index in [1.165, 1.54) is 6.42 Å². The summed E-state index contributed by atoms with van der Waals surface area (Å²) in [5.74, 6) is 2.97. The summed E-state index contributed by atoms with van der Waals surface area (Å²) < 4.78 is 10.6. The SMILES string of the molecule is COc1ccc(OC)c(C(Cl)C2CC2C)c1. The first kappa shape index (κ1) is 11.6. The van der Waals surface area contributed by atoms with Crippen LogP contribution in [-0.4, -0.2) is 14.2 Å². The van der Waals surface area contributed by atoms with Crippen LogP contribution in [0.1, 0.15) is 24.3 Å². The Bertz CT molecular complexity index is 378. The number of hydrogen-bond acceptors (Lipinski definition) is 2. The molecule has 88 valence electrons. The maximum Gasteiger partial charge on any atom is 0.123 e. The molecule has 3 heteroatoms. The fourth-order valence-corrected chi connectivity index (χ4v) is 2.57. The van der Waals surface area contributed by atoms with E-state index in [1.807, 2.05) is 18.2 Å². The lowest BCUT2D eigenvalue weighted by Crippen LogP contribution is -1.99. The molecule has 1 saturated carbocycles. The lowest BCUT2D eigenvalue weighted by atomic mass is 10.1. The predicted octanol–water partition coefficient (Wildman–Crippen LogP) is 3.64. The van der Waals surface area contributed by atoms with Crippen molar-refractivity contribution in [1.82, 2.24) is 0 Å². The highest BCUT2D eigenvalue weighted by atomic mass is 35.5. The Morgan fingerprint density at radius 3 is 2.50 bits per heavy atom. The van der Waals surface area contributed by atoms with Crippen molar-refractivity contribution in [3.63, 3.8) is 0 Å². The predicted molar refractivity (Wildman–Crippen MR) is 65.4 cm³/mol. The van der Waals surface area contributed by atoms with Crippen LogP contribution in [0, 0.1) is 11.8 Å². The second kappa shape index (κ2) is 4.54. The molecule has 0 saturated heterocycles. The van der Waals surface area contributed by atoms with E-state index in [4.69, 9.17) is 21.1 Å². The molecule has 0 N–H and O–H groups in total. The minimum atomic E-state index is 0.0278. The van der Waals surface area contributed by atoms with Crippen LogP contribution in [0.25, 0.3) is 0 Å². The third-order valence-electron chi connectivity index (χ3n) is 3.28. The monoisotopic (exact) mass is 240 g/mol. The fraction of sp³-hybridized carbons (Fsp3) is 0.538. The smallest absolute Gasteiger partial charge is 0.123 e. The fourth-order valence-electron chi connectivity index (χ4n) is 2.04. The van der Waals surface area contributed by atoms with Gasteiger partial charge in [-0.2, -0.15) is 0 Å². The van der Waals surface area contributed by atoms with Gasteiger partial charge in [0.25, 0.3) is 0 Å². The molecule has 0 aliphatic heterocycles. The summed E-state index contributed by atoms with van der Waals surface area (Å²) in [6.07, 6.45) is 1.20. The van der Waals surface area contributed by atoms with Crippen molar-refractivity contribution in [3.05, 3.63) is 23.8 Å². The molecule has 0 heterocycles. The van der Waals surface area contributed by atoms with Crippen molar-refractivity contribution >= 4 is 11.6 Å². The summed E-state index contributed by atoms with van der Waals surface area (Å²) in [6, 6.07) is 5.78. The molecule has 16 heavy (non-hydrogen) atoms. The Balaban J connectivity index is 2.29. The van der Waals surface area contributed by atoms with Gasteiger partial charge in [-0.25, -0.2) is 0 Å². The van der Waals surface area contributed by atoms with Gasteiger partial charge in [0.15, 0.2) is 0 Å². The number of benzene rings is 1. The van der Waals surface area contributed by atoms with Crippen LogP contribution in [0.3, 0.4) is 0 Å². The highest BCUT2D eigenvalue weighted by Crippen LogP contribution is 2.52. The Morgan fingerprint density at radius 1 is 1.31 bits per heavy atom. The van der Waals surface area contributed by atoms with Gasteiger partial charge < -0.3 is 9.47 Å². The van der Waals surface area contributed by atoms with Crippen molar-refractivity contribution in [1.29, 1.82) is 0 Å². The van der Waals surface area contributed by atoms with Gasteiger partial charge in [-0.15, -0.1) is 11.6 Å². The van der Waals surface area contributed by atoms with E-state index in [1.54, 1.807) is 14.2 Å². The van der Waals surface area contributed by atoms with Gasteiger partial charge in [0.05, 0.1) is 19.6 Å². The molecule has 1 aromatic carbocycles. The number of ether oxygens (including phenoxy) is 2. The molecule has 0 amide bonds. The van der Waals surface area contributed by atoms with Crippen molar-refractivity contribution in [2.45, 2.75) is 18.7 Å². The van der Waals surface area contributed by atoms with Crippen molar-refractivity contribution in [3.8, 4) is 11.5 Å². The number of halogens is 1. The third kappa shape index (κ3) is 2.12. The van der Waals surface area contributed by atoms with E-state index in [0.29, 0.717) is 5.92 Å². The standard InChI is InChI=1S/C13H17ClO2/c1-8-6-10(8)13(14)11-7-9(15-2)4-5-12(11)16-3/h4-5,7-8,10,13H,6H2,1-3H3. The molecule has 0 spiro atoms. The Kier molecular flexibility index (Phi) is 3.29. The summed E-state index contributed by atoms with van der Waals surface area (Å²) >= 11 is 6.48. The number of hydrogen-bond donors (Lipinski definition) is 0. The molecule has 2 rings (SSSR count). The Hall–Kier alpha value is -0.890. The molecule has 3 unspecified atom stereocenters. The first-order valence-corrected chi connectivity index (χ1v) is 5.97. The Labute approximate surface area is 102 Å². The van der Waals surface area contributed by atoms with Gasteiger partial charge in [0, 0.05) is 5.56 Å². The first-order chi connectivity index (χ1) is 7.67. The van der Waals surface area contributed by atoms with Gasteiger partial charge in [-0.1, -0.05) is 6.92 Å². The quantitative estimate of drug-likeness (QED) is 0.748. The van der Waals surface area contributed by atoms with Crippen LogP contribution in [0.5, 0.6) is 11.5 Å². The summed E-state index contributed by atoms with van der Waals surface area (Å²) in [5, 5.41) is 0.0278. The van der Waals surface area contributed by atoms with Gasteiger partial charge in [0.2, 0.25) is 0 Å². The van der Waals surface area contributed by atoms with E-state index >= 15 is 0 Å². The third-order valence-corrected chi connectivity index (χ3v) is 3.84. The summed E-state index contributed by atoms with van der Waals surface area (Å²) in [7, 11) is 3.33. The summed E-state index contributed by atoms with van der Waals surface area (Å²) in [6.45, 7) is 2.23. The van der Waals surface area contributed by atoms with Crippen LogP contribution in [0.2, 0.25) is 0 Å². The van der Waals surface area contributed by atoms with Crippen LogP contribution in [0.4, 0.5) is 0 Å². The van der Waals surface area contributed by atoms with E-state index in [-0.39, 0.29) is 5.38 Å². The minimum absolute atomic E-state index is 0.0278. The molecule has 1 aromatic rings. The van der Waals surface area contributed by atoms with Gasteiger partial charge in [0.1, 0.15) is 11.5 Å². The second-order valence-corrected chi connectivity index (χ2v) is 4.86. The molecule has 0 radical (unpaired) electrons. The zero-order valence-electron chi connectivity index (χ0n) is 9.87. The highest BCUT2D eigenvalue weighted by molar-refractivity contribution is 6.21. The maximum absolute atomic E-state index is 6.48. The van der Waals surface area contributed by atoms with Gasteiger partial charge >= 0.3 is 0 Å². The van der Waals surface area contributed by atoms with E-state index in [0.717, 1.165) is 23.0 Å². The maximum atomic E-state index is 6.48. The average Bonchev–Trinajstić information content (AvgIpc) is 3.04. The lowest BCUT2D eigenvalue weighted by molar-refractivity contribution is 0.397. The van der Waals surface area contributed by atoms with Gasteiger partial charge in [-0.05, 0) is 36.5 Å². The van der Waals surface area contributed by atoms with Crippen molar-refractivity contribution in [2.24, 2.45) is 11.8 Å². The number of alkyl halides is 1. The average molecular weight is 241 g/mol. The molecule has 0 bridgehead atoms. The molecule has 1 fully saturated rings. The minimum Gasteiger partial charge on any atom is -0.497 e. The van der Waals surface area contributed by atoms with Crippen LogP contribution in [-0.2, 0) is 0 Å². The molecule has 1 aliphatic rings. The molecule has 1 aliphatic carbocycles.